The number of hydrogen-bond acceptors (Lipinski definition) is 4. The van der Waals surface area contributed by atoms with E-state index >= 15 is 0 Å². The van der Waals surface area contributed by atoms with E-state index in [1.807, 2.05) is 6.92 Å². The molecule has 3 rings (SSSR count). The molecule has 2 bridgehead atoms. The minimum atomic E-state index is -0.480. The second-order valence-electron chi connectivity index (χ2n) is 6.09. The first-order valence-corrected chi connectivity index (χ1v) is 6.96. The molecular formula is C15H17NO4. The fraction of sp³-hybridized carbons (Fsp3) is 0.533. The van der Waals surface area contributed by atoms with Crippen LogP contribution in [0.1, 0.15) is 43.0 Å². The van der Waals surface area contributed by atoms with Gasteiger partial charge in [-0.05, 0) is 56.6 Å². The van der Waals surface area contributed by atoms with Crippen LogP contribution in [-0.4, -0.2) is 16.5 Å². The van der Waals surface area contributed by atoms with Crippen molar-refractivity contribution < 1.29 is 14.5 Å². The molecule has 0 amide bonds. The Labute approximate surface area is 117 Å². The molecule has 2 aliphatic carbocycles. The quantitative estimate of drug-likeness (QED) is 0.482. The molecule has 5 heteroatoms. The van der Waals surface area contributed by atoms with Crippen LogP contribution in [0.25, 0.3) is 0 Å². The van der Waals surface area contributed by atoms with Crippen molar-refractivity contribution in [2.24, 2.45) is 11.8 Å². The maximum absolute atomic E-state index is 12.2. The Hall–Kier alpha value is -1.91. The number of rotatable bonds is 3. The second-order valence-corrected chi connectivity index (χ2v) is 6.09. The number of esters is 1. The SMILES string of the molecule is CC1(OC(=O)c2ccc([N+](=O)[O-])cc2)CC2CCC1C2. The molecule has 20 heavy (non-hydrogen) atoms. The van der Waals surface area contributed by atoms with Gasteiger partial charge >= 0.3 is 5.97 Å². The molecule has 0 aromatic heterocycles. The van der Waals surface area contributed by atoms with Gasteiger partial charge in [0.1, 0.15) is 5.60 Å². The van der Waals surface area contributed by atoms with Crippen molar-refractivity contribution >= 4 is 11.7 Å². The number of nitro groups is 1. The van der Waals surface area contributed by atoms with Gasteiger partial charge in [-0.3, -0.25) is 10.1 Å². The summed E-state index contributed by atoms with van der Waals surface area (Å²) >= 11 is 0. The summed E-state index contributed by atoms with van der Waals surface area (Å²) < 4.78 is 5.71. The van der Waals surface area contributed by atoms with Crippen molar-refractivity contribution in [3.63, 3.8) is 0 Å². The molecule has 0 saturated heterocycles. The van der Waals surface area contributed by atoms with Crippen molar-refractivity contribution in [3.05, 3.63) is 39.9 Å². The number of benzene rings is 1. The van der Waals surface area contributed by atoms with Gasteiger partial charge in [0.2, 0.25) is 0 Å². The highest BCUT2D eigenvalue weighted by molar-refractivity contribution is 5.90. The molecule has 5 nitrogen and oxygen atoms in total. The molecule has 0 heterocycles. The van der Waals surface area contributed by atoms with Crippen LogP contribution in [0, 0.1) is 22.0 Å². The van der Waals surface area contributed by atoms with E-state index in [9.17, 15) is 14.9 Å². The standard InChI is InChI=1S/C15H17NO4/c1-15(9-10-2-5-12(15)8-10)20-14(17)11-3-6-13(7-4-11)16(18)19/h3-4,6-7,10,12H,2,5,8-9H2,1H3. The predicted molar refractivity (Wildman–Crippen MR) is 72.4 cm³/mol. The van der Waals surface area contributed by atoms with Crippen molar-refractivity contribution in [2.75, 3.05) is 0 Å². The van der Waals surface area contributed by atoms with Crippen LogP contribution in [0.3, 0.4) is 0 Å². The first kappa shape index (κ1) is 13.1. The number of fused-ring (bicyclic) bond motifs is 2. The van der Waals surface area contributed by atoms with Crippen LogP contribution >= 0.6 is 0 Å². The number of hydrogen-bond donors (Lipinski definition) is 0. The van der Waals surface area contributed by atoms with E-state index < -0.39 is 4.92 Å². The number of ether oxygens (including phenoxy) is 1. The molecular weight excluding hydrogens is 258 g/mol. The molecule has 1 aromatic carbocycles. The van der Waals surface area contributed by atoms with Gasteiger partial charge in [0.05, 0.1) is 10.5 Å². The minimum Gasteiger partial charge on any atom is -0.455 e. The molecule has 0 aliphatic heterocycles. The van der Waals surface area contributed by atoms with Crippen LogP contribution < -0.4 is 0 Å². The maximum Gasteiger partial charge on any atom is 0.338 e. The zero-order valence-electron chi connectivity index (χ0n) is 11.4. The molecule has 3 atom stereocenters. The third kappa shape index (κ3) is 2.17. The summed E-state index contributed by atoms with van der Waals surface area (Å²) in [7, 11) is 0. The van der Waals surface area contributed by atoms with Crippen molar-refractivity contribution in [2.45, 2.75) is 38.2 Å². The summed E-state index contributed by atoms with van der Waals surface area (Å²) in [5.74, 6) is 0.777. The fourth-order valence-electron chi connectivity index (χ4n) is 3.67. The Balaban J connectivity index is 1.72. The summed E-state index contributed by atoms with van der Waals surface area (Å²) in [4.78, 5) is 22.3. The lowest BCUT2D eigenvalue weighted by molar-refractivity contribution is -0.384. The van der Waals surface area contributed by atoms with Gasteiger partial charge in [0.25, 0.3) is 5.69 Å². The highest BCUT2D eigenvalue weighted by Crippen LogP contribution is 2.52. The van der Waals surface area contributed by atoms with Gasteiger partial charge in [0.15, 0.2) is 0 Å². The molecule has 2 saturated carbocycles. The summed E-state index contributed by atoms with van der Waals surface area (Å²) in [5, 5.41) is 10.6. The lowest BCUT2D eigenvalue weighted by atomic mass is 9.85. The maximum atomic E-state index is 12.2. The highest BCUT2D eigenvalue weighted by Gasteiger charge is 2.50. The summed E-state index contributed by atoms with van der Waals surface area (Å²) in [6, 6.07) is 5.58. The first-order chi connectivity index (χ1) is 9.48. The van der Waals surface area contributed by atoms with E-state index in [2.05, 4.69) is 0 Å². The van der Waals surface area contributed by atoms with Gasteiger partial charge in [0, 0.05) is 12.1 Å². The van der Waals surface area contributed by atoms with Gasteiger partial charge < -0.3 is 4.74 Å². The average Bonchev–Trinajstić information content (AvgIpc) is 2.98. The van der Waals surface area contributed by atoms with Gasteiger partial charge in [-0.25, -0.2) is 4.79 Å². The Morgan fingerprint density at radius 2 is 2.05 bits per heavy atom. The topological polar surface area (TPSA) is 69.4 Å². The van der Waals surface area contributed by atoms with Crippen molar-refractivity contribution in [3.8, 4) is 0 Å². The smallest absolute Gasteiger partial charge is 0.338 e. The summed E-state index contributed by atoms with van der Waals surface area (Å²) in [6.07, 6.45) is 4.48. The van der Waals surface area contributed by atoms with E-state index in [0.717, 1.165) is 19.3 Å². The van der Waals surface area contributed by atoms with Gasteiger partial charge in [-0.2, -0.15) is 0 Å². The summed E-state index contributed by atoms with van der Waals surface area (Å²) in [5.41, 5.74) is -0.00538. The normalized spacial score (nSPS) is 31.2. The average molecular weight is 275 g/mol. The number of nitro benzene ring substituents is 1. The monoisotopic (exact) mass is 275 g/mol. The number of carbonyl (C=O) groups excluding carboxylic acids is 1. The molecule has 0 spiro atoms. The Morgan fingerprint density at radius 1 is 1.35 bits per heavy atom. The lowest BCUT2D eigenvalue weighted by Gasteiger charge is -2.33. The molecule has 106 valence electrons. The Bertz CT molecular complexity index is 553. The molecule has 0 radical (unpaired) electrons. The van der Waals surface area contributed by atoms with Gasteiger partial charge in [-0.15, -0.1) is 0 Å². The molecule has 0 N–H and O–H groups in total. The van der Waals surface area contributed by atoms with E-state index in [4.69, 9.17) is 4.74 Å². The largest absolute Gasteiger partial charge is 0.455 e. The lowest BCUT2D eigenvalue weighted by Crippen LogP contribution is -2.37. The third-order valence-electron chi connectivity index (χ3n) is 4.74. The van der Waals surface area contributed by atoms with E-state index in [-0.39, 0.29) is 17.3 Å². The van der Waals surface area contributed by atoms with E-state index in [0.29, 0.717) is 17.4 Å². The van der Waals surface area contributed by atoms with Crippen LogP contribution in [0.15, 0.2) is 24.3 Å². The van der Waals surface area contributed by atoms with Crippen LogP contribution in [0.2, 0.25) is 0 Å². The Morgan fingerprint density at radius 3 is 2.55 bits per heavy atom. The van der Waals surface area contributed by atoms with Gasteiger partial charge in [-0.1, -0.05) is 0 Å². The number of non-ortho nitro benzene ring substituents is 1. The van der Waals surface area contributed by atoms with E-state index in [1.54, 1.807) is 0 Å². The summed E-state index contributed by atoms with van der Waals surface area (Å²) in [6.45, 7) is 2.01. The minimum absolute atomic E-state index is 0.0207. The zero-order chi connectivity index (χ0) is 14.3. The molecule has 1 aromatic rings. The number of nitrogens with zero attached hydrogens (tertiary/aromatic N) is 1. The zero-order valence-corrected chi connectivity index (χ0v) is 11.4. The molecule has 2 fully saturated rings. The molecule has 3 unspecified atom stereocenters. The highest BCUT2D eigenvalue weighted by atomic mass is 16.6. The van der Waals surface area contributed by atoms with Crippen LogP contribution in [-0.2, 0) is 4.74 Å². The van der Waals surface area contributed by atoms with E-state index in [1.165, 1.54) is 30.7 Å². The Kier molecular flexibility index (Phi) is 3.00. The fourth-order valence-corrected chi connectivity index (χ4v) is 3.67. The predicted octanol–water partition coefficient (Wildman–Crippen LogP) is 3.33. The second kappa shape index (κ2) is 4.58. The number of carbonyl (C=O) groups is 1. The third-order valence-corrected chi connectivity index (χ3v) is 4.74. The van der Waals surface area contributed by atoms with Crippen molar-refractivity contribution in [1.82, 2.24) is 0 Å². The van der Waals surface area contributed by atoms with Crippen LogP contribution in [0.5, 0.6) is 0 Å². The molecule has 2 aliphatic rings. The van der Waals surface area contributed by atoms with Crippen molar-refractivity contribution in [1.29, 1.82) is 0 Å². The van der Waals surface area contributed by atoms with Crippen LogP contribution in [0.4, 0.5) is 5.69 Å². The first-order valence-electron chi connectivity index (χ1n) is 6.96.